The van der Waals surface area contributed by atoms with E-state index in [-0.39, 0.29) is 5.91 Å². The fourth-order valence-electron chi connectivity index (χ4n) is 3.31. The van der Waals surface area contributed by atoms with Gasteiger partial charge in [0.2, 0.25) is 0 Å². The van der Waals surface area contributed by atoms with Crippen molar-refractivity contribution in [2.75, 3.05) is 19.5 Å². The maximum Gasteiger partial charge on any atom is 0.257 e. The van der Waals surface area contributed by atoms with Gasteiger partial charge in [0, 0.05) is 22.1 Å². The average molecular weight is 431 g/mol. The molecule has 1 amide bonds. The molecule has 0 bridgehead atoms. The second-order valence-electron chi connectivity index (χ2n) is 6.89. The summed E-state index contributed by atoms with van der Waals surface area (Å²) in [4.78, 5) is 18.4. The first-order valence-corrected chi connectivity index (χ1v) is 10.6. The number of hydrogen-bond acceptors (Lipinski definition) is 5. The zero-order valence-corrected chi connectivity index (χ0v) is 18.3. The number of methoxy groups -OCH3 is 2. The van der Waals surface area contributed by atoms with Crippen LogP contribution < -0.4 is 14.8 Å². The lowest BCUT2D eigenvalue weighted by atomic mass is 10.0. The number of carbonyl (C=O) groups is 1. The third-order valence-electron chi connectivity index (χ3n) is 4.94. The molecule has 0 aliphatic rings. The molecule has 6 heteroatoms. The van der Waals surface area contributed by atoms with E-state index in [0.717, 1.165) is 27.3 Å². The largest absolute Gasteiger partial charge is 0.497 e. The third kappa shape index (κ3) is 4.44. The number of hydrogen-bond donors (Lipinski definition) is 1. The Hall–Kier alpha value is -3.64. The molecule has 0 saturated carbocycles. The standard InChI is InChI=1S/C25H22N2O3S/c1-16-23(21-14-13-20(29-2)15-22(21)30-3)26-25(31-16)27-24(28)19-11-9-18(10-12-19)17-7-5-4-6-8-17/h4-15H,1-3H3,(H,26,27,28). The molecule has 0 fully saturated rings. The van der Waals surface area contributed by atoms with Gasteiger partial charge in [0.05, 0.1) is 19.9 Å². The molecule has 0 saturated heterocycles. The van der Waals surface area contributed by atoms with Gasteiger partial charge < -0.3 is 9.47 Å². The summed E-state index contributed by atoms with van der Waals surface area (Å²) in [5, 5.41) is 3.46. The van der Waals surface area contributed by atoms with Crippen LogP contribution in [0.2, 0.25) is 0 Å². The van der Waals surface area contributed by atoms with Crippen molar-refractivity contribution < 1.29 is 14.3 Å². The zero-order chi connectivity index (χ0) is 21.8. The molecule has 1 heterocycles. The molecule has 0 aliphatic carbocycles. The lowest BCUT2D eigenvalue weighted by Gasteiger charge is -2.09. The lowest BCUT2D eigenvalue weighted by molar-refractivity contribution is 0.102. The van der Waals surface area contributed by atoms with E-state index < -0.39 is 0 Å². The molecule has 1 aromatic heterocycles. The number of nitrogens with one attached hydrogen (secondary N) is 1. The summed E-state index contributed by atoms with van der Waals surface area (Å²) in [7, 11) is 3.23. The van der Waals surface area contributed by atoms with Gasteiger partial charge in [0.1, 0.15) is 11.5 Å². The van der Waals surface area contributed by atoms with E-state index in [1.807, 2.05) is 79.7 Å². The SMILES string of the molecule is COc1ccc(-c2nc(NC(=O)c3ccc(-c4ccccc4)cc3)sc2C)c(OC)c1. The highest BCUT2D eigenvalue weighted by atomic mass is 32.1. The Morgan fingerprint density at radius 1 is 0.903 bits per heavy atom. The lowest BCUT2D eigenvalue weighted by Crippen LogP contribution is -2.11. The Bertz CT molecular complexity index is 1200. The van der Waals surface area contributed by atoms with E-state index in [0.29, 0.717) is 22.2 Å². The maximum absolute atomic E-state index is 12.7. The van der Waals surface area contributed by atoms with Gasteiger partial charge in [-0.3, -0.25) is 10.1 Å². The van der Waals surface area contributed by atoms with Gasteiger partial charge in [-0.25, -0.2) is 4.98 Å². The summed E-state index contributed by atoms with van der Waals surface area (Å²) in [5.74, 6) is 1.18. The molecular weight excluding hydrogens is 408 g/mol. The molecule has 4 rings (SSSR count). The van der Waals surface area contributed by atoms with Crippen molar-refractivity contribution in [2.45, 2.75) is 6.92 Å². The van der Waals surface area contributed by atoms with Gasteiger partial charge in [0.25, 0.3) is 5.91 Å². The van der Waals surface area contributed by atoms with Crippen molar-refractivity contribution in [1.82, 2.24) is 4.98 Å². The van der Waals surface area contributed by atoms with Gasteiger partial charge in [-0.15, -0.1) is 11.3 Å². The predicted molar refractivity (Wildman–Crippen MR) is 125 cm³/mol. The Morgan fingerprint density at radius 3 is 2.29 bits per heavy atom. The van der Waals surface area contributed by atoms with Gasteiger partial charge in [-0.05, 0) is 42.3 Å². The molecular formula is C25H22N2O3S. The van der Waals surface area contributed by atoms with Crippen molar-refractivity contribution >= 4 is 22.4 Å². The molecule has 31 heavy (non-hydrogen) atoms. The van der Waals surface area contributed by atoms with Crippen molar-refractivity contribution in [3.05, 3.63) is 83.2 Å². The van der Waals surface area contributed by atoms with E-state index in [1.54, 1.807) is 14.2 Å². The normalized spacial score (nSPS) is 10.5. The van der Waals surface area contributed by atoms with E-state index in [1.165, 1.54) is 11.3 Å². The highest BCUT2D eigenvalue weighted by Gasteiger charge is 2.17. The number of rotatable bonds is 6. The molecule has 0 aliphatic heterocycles. The number of thiazole rings is 1. The van der Waals surface area contributed by atoms with Crippen LogP contribution in [0.15, 0.2) is 72.8 Å². The van der Waals surface area contributed by atoms with E-state index in [2.05, 4.69) is 10.3 Å². The van der Waals surface area contributed by atoms with Crippen molar-refractivity contribution in [3.8, 4) is 33.9 Å². The summed E-state index contributed by atoms with van der Waals surface area (Å²) >= 11 is 1.43. The van der Waals surface area contributed by atoms with E-state index in [4.69, 9.17) is 9.47 Å². The molecule has 0 atom stereocenters. The number of aromatic nitrogens is 1. The fourth-order valence-corrected chi connectivity index (χ4v) is 4.13. The van der Waals surface area contributed by atoms with Crippen molar-refractivity contribution in [3.63, 3.8) is 0 Å². The molecule has 3 aromatic carbocycles. The minimum atomic E-state index is -0.193. The molecule has 0 unspecified atom stereocenters. The second kappa shape index (κ2) is 9.02. The minimum absolute atomic E-state index is 0.193. The number of anilines is 1. The van der Waals surface area contributed by atoms with Crippen LogP contribution in [-0.2, 0) is 0 Å². The van der Waals surface area contributed by atoms with Gasteiger partial charge in [0.15, 0.2) is 5.13 Å². The molecule has 156 valence electrons. The van der Waals surface area contributed by atoms with Crippen LogP contribution in [-0.4, -0.2) is 25.1 Å². The fraction of sp³-hybridized carbons (Fsp3) is 0.120. The quantitative estimate of drug-likeness (QED) is 0.404. The third-order valence-corrected chi connectivity index (χ3v) is 5.82. The topological polar surface area (TPSA) is 60.5 Å². The second-order valence-corrected chi connectivity index (χ2v) is 8.09. The first-order chi connectivity index (χ1) is 15.1. The van der Waals surface area contributed by atoms with Crippen molar-refractivity contribution in [2.24, 2.45) is 0 Å². The van der Waals surface area contributed by atoms with Crippen molar-refractivity contribution in [1.29, 1.82) is 0 Å². The molecule has 4 aromatic rings. The Labute approximate surface area is 185 Å². The number of aryl methyl sites for hydroxylation is 1. The smallest absolute Gasteiger partial charge is 0.257 e. The number of amides is 1. The van der Waals surface area contributed by atoms with Gasteiger partial charge >= 0.3 is 0 Å². The van der Waals surface area contributed by atoms with Crippen LogP contribution in [0.5, 0.6) is 11.5 Å². The monoisotopic (exact) mass is 430 g/mol. The predicted octanol–water partition coefficient (Wildman–Crippen LogP) is 6.06. The zero-order valence-electron chi connectivity index (χ0n) is 17.5. The van der Waals surface area contributed by atoms with Crippen LogP contribution in [0.25, 0.3) is 22.4 Å². The Balaban J connectivity index is 1.54. The number of ether oxygens (including phenoxy) is 2. The molecule has 0 spiro atoms. The first kappa shape index (κ1) is 20.6. The summed E-state index contributed by atoms with van der Waals surface area (Å²) in [6.07, 6.45) is 0. The number of carbonyl (C=O) groups excluding carboxylic acids is 1. The summed E-state index contributed by atoms with van der Waals surface area (Å²) in [5.41, 5.74) is 4.39. The maximum atomic E-state index is 12.7. The van der Waals surface area contributed by atoms with E-state index in [9.17, 15) is 4.79 Å². The highest BCUT2D eigenvalue weighted by Crippen LogP contribution is 2.37. The highest BCUT2D eigenvalue weighted by molar-refractivity contribution is 7.16. The summed E-state index contributed by atoms with van der Waals surface area (Å²) in [6.45, 7) is 1.97. The van der Waals surface area contributed by atoms with E-state index >= 15 is 0 Å². The van der Waals surface area contributed by atoms with Gasteiger partial charge in [-0.2, -0.15) is 0 Å². The van der Waals surface area contributed by atoms with Crippen LogP contribution in [0.1, 0.15) is 15.2 Å². The number of benzene rings is 3. The summed E-state index contributed by atoms with van der Waals surface area (Å²) in [6, 6.07) is 23.2. The summed E-state index contributed by atoms with van der Waals surface area (Å²) < 4.78 is 10.8. The van der Waals surface area contributed by atoms with Crippen LogP contribution in [0.4, 0.5) is 5.13 Å². The minimum Gasteiger partial charge on any atom is -0.497 e. The molecule has 1 N–H and O–H groups in total. The van der Waals surface area contributed by atoms with Gasteiger partial charge in [-0.1, -0.05) is 42.5 Å². The van der Waals surface area contributed by atoms with Crippen LogP contribution in [0, 0.1) is 6.92 Å². The average Bonchev–Trinajstić information content (AvgIpc) is 3.18. The number of nitrogens with zero attached hydrogens (tertiary/aromatic N) is 1. The van der Waals surface area contributed by atoms with Crippen LogP contribution in [0.3, 0.4) is 0 Å². The van der Waals surface area contributed by atoms with Crippen LogP contribution >= 0.6 is 11.3 Å². The first-order valence-electron chi connectivity index (χ1n) is 9.75. The molecule has 0 radical (unpaired) electrons. The Morgan fingerprint density at radius 2 is 1.61 bits per heavy atom. The Kier molecular flexibility index (Phi) is 6.00. The molecule has 5 nitrogen and oxygen atoms in total.